The van der Waals surface area contributed by atoms with Crippen LogP contribution < -0.4 is 4.74 Å². The second-order valence-electron chi connectivity index (χ2n) is 8.00. The van der Waals surface area contributed by atoms with E-state index in [1.807, 2.05) is 33.3 Å². The number of carbonyl (C=O) groups excluding carboxylic acids is 2. The minimum absolute atomic E-state index is 0.0623. The smallest absolute Gasteiger partial charge is 0.344 e. The van der Waals surface area contributed by atoms with Crippen molar-refractivity contribution in [1.82, 2.24) is 0 Å². The van der Waals surface area contributed by atoms with Gasteiger partial charge in [-0.2, -0.15) is 0 Å². The van der Waals surface area contributed by atoms with Crippen LogP contribution in [-0.4, -0.2) is 55.6 Å². The quantitative estimate of drug-likeness (QED) is 0.188. The maximum atomic E-state index is 12.9. The van der Waals surface area contributed by atoms with Gasteiger partial charge >= 0.3 is 11.9 Å². The number of ether oxygens (including phenoxy) is 2. The van der Waals surface area contributed by atoms with Crippen LogP contribution in [0.15, 0.2) is 60.7 Å². The molecule has 0 saturated carbocycles. The molecule has 0 fully saturated rings. The summed E-state index contributed by atoms with van der Waals surface area (Å²) in [6, 6.07) is 15.6. The number of likely N-dealkylation sites (N-methyl/N-ethyl adjacent to an activating group) is 1. The van der Waals surface area contributed by atoms with Gasteiger partial charge in [0.1, 0.15) is 18.9 Å². The van der Waals surface area contributed by atoms with E-state index in [0.717, 1.165) is 5.39 Å². The molecule has 0 atom stereocenters. The lowest BCUT2D eigenvalue weighted by atomic mass is 9.99. The standard InChI is InChI=1S/C23H23N2O6/c1-25(2,3)14-15-30-23(27)21-19-7-5-4-6-16(19)8-13-20(21)22(26)31-18-11-9-17(10-12-18)24(28)29/h4-13H,14-15H2,1-3H3/q+1. The molecular formula is C23H23N2O6+. The summed E-state index contributed by atoms with van der Waals surface area (Å²) in [6.45, 7) is 0.807. The van der Waals surface area contributed by atoms with Crippen molar-refractivity contribution in [2.75, 3.05) is 34.3 Å². The molecule has 0 unspecified atom stereocenters. The van der Waals surface area contributed by atoms with Crippen molar-refractivity contribution in [2.24, 2.45) is 0 Å². The highest BCUT2D eigenvalue weighted by Crippen LogP contribution is 2.26. The molecule has 31 heavy (non-hydrogen) atoms. The first-order valence-corrected chi connectivity index (χ1v) is 9.62. The predicted molar refractivity (Wildman–Crippen MR) is 115 cm³/mol. The van der Waals surface area contributed by atoms with Crippen LogP contribution >= 0.6 is 0 Å². The van der Waals surface area contributed by atoms with Crippen LogP contribution in [-0.2, 0) is 4.74 Å². The summed E-state index contributed by atoms with van der Waals surface area (Å²) >= 11 is 0. The van der Waals surface area contributed by atoms with Gasteiger partial charge in [0.2, 0.25) is 0 Å². The Kier molecular flexibility index (Phi) is 6.31. The topological polar surface area (TPSA) is 95.7 Å². The van der Waals surface area contributed by atoms with E-state index < -0.39 is 16.9 Å². The molecule has 8 nitrogen and oxygen atoms in total. The number of non-ortho nitro benzene ring substituents is 1. The van der Waals surface area contributed by atoms with Crippen LogP contribution in [0.2, 0.25) is 0 Å². The third-order valence-corrected chi connectivity index (χ3v) is 4.61. The average Bonchev–Trinajstić information content (AvgIpc) is 2.72. The minimum atomic E-state index is -0.752. The number of hydrogen-bond donors (Lipinski definition) is 0. The van der Waals surface area contributed by atoms with Gasteiger partial charge in [-0.1, -0.05) is 30.3 Å². The zero-order chi connectivity index (χ0) is 22.6. The Labute approximate surface area is 179 Å². The second kappa shape index (κ2) is 8.93. The number of rotatable bonds is 7. The third kappa shape index (κ3) is 5.43. The third-order valence-electron chi connectivity index (χ3n) is 4.61. The molecule has 0 aliphatic rings. The lowest BCUT2D eigenvalue weighted by Gasteiger charge is -2.23. The van der Waals surface area contributed by atoms with Gasteiger partial charge in [0.25, 0.3) is 5.69 Å². The molecule has 0 aliphatic carbocycles. The highest BCUT2D eigenvalue weighted by molar-refractivity contribution is 6.13. The van der Waals surface area contributed by atoms with Crippen molar-refractivity contribution >= 4 is 28.4 Å². The normalized spacial score (nSPS) is 11.2. The van der Waals surface area contributed by atoms with Crippen molar-refractivity contribution in [3.8, 4) is 5.75 Å². The summed E-state index contributed by atoms with van der Waals surface area (Å²) in [7, 11) is 5.95. The van der Waals surface area contributed by atoms with E-state index in [4.69, 9.17) is 9.47 Å². The number of hydrogen-bond acceptors (Lipinski definition) is 6. The van der Waals surface area contributed by atoms with Crippen LogP contribution in [0, 0.1) is 10.1 Å². The number of quaternary nitrogens is 1. The summed E-state index contributed by atoms with van der Waals surface area (Å²) in [6.07, 6.45) is 0. The molecule has 3 rings (SSSR count). The first kappa shape index (κ1) is 21.9. The molecular weight excluding hydrogens is 400 g/mol. The van der Waals surface area contributed by atoms with Crippen molar-refractivity contribution in [1.29, 1.82) is 0 Å². The number of nitro benzene ring substituents is 1. The number of nitro groups is 1. The van der Waals surface area contributed by atoms with Crippen LogP contribution in [0.25, 0.3) is 10.8 Å². The maximum absolute atomic E-state index is 12.9. The Morgan fingerprint density at radius 3 is 2.26 bits per heavy atom. The highest BCUT2D eigenvalue weighted by atomic mass is 16.6. The summed E-state index contributed by atoms with van der Waals surface area (Å²) in [5.41, 5.74) is 0.0748. The maximum Gasteiger partial charge on any atom is 0.344 e. The fourth-order valence-corrected chi connectivity index (χ4v) is 2.94. The average molecular weight is 423 g/mol. The van der Waals surface area contributed by atoms with Crippen molar-refractivity contribution in [3.63, 3.8) is 0 Å². The van der Waals surface area contributed by atoms with Gasteiger partial charge in [0.05, 0.1) is 37.2 Å². The zero-order valence-corrected chi connectivity index (χ0v) is 17.5. The Hall–Kier alpha value is -3.78. The molecule has 3 aromatic rings. The Balaban J connectivity index is 1.91. The molecule has 0 amide bonds. The first-order valence-electron chi connectivity index (χ1n) is 9.62. The van der Waals surface area contributed by atoms with E-state index >= 15 is 0 Å². The molecule has 8 heteroatoms. The molecule has 0 heterocycles. The van der Waals surface area contributed by atoms with E-state index in [0.29, 0.717) is 16.4 Å². The minimum Gasteiger partial charge on any atom is -0.456 e. The molecule has 0 aromatic heterocycles. The molecule has 0 N–H and O–H groups in total. The Morgan fingerprint density at radius 2 is 1.61 bits per heavy atom. The summed E-state index contributed by atoms with van der Waals surface area (Å²) in [4.78, 5) is 36.0. The molecule has 0 radical (unpaired) electrons. The van der Waals surface area contributed by atoms with Gasteiger partial charge in [-0.05, 0) is 29.0 Å². The van der Waals surface area contributed by atoms with Gasteiger partial charge in [0, 0.05) is 12.1 Å². The molecule has 3 aromatic carbocycles. The second-order valence-corrected chi connectivity index (χ2v) is 8.00. The zero-order valence-electron chi connectivity index (χ0n) is 17.5. The van der Waals surface area contributed by atoms with Crippen LogP contribution in [0.1, 0.15) is 20.7 Å². The van der Waals surface area contributed by atoms with Crippen molar-refractivity contribution in [3.05, 3.63) is 81.9 Å². The van der Waals surface area contributed by atoms with E-state index in [-0.39, 0.29) is 29.2 Å². The monoisotopic (exact) mass is 423 g/mol. The van der Waals surface area contributed by atoms with E-state index in [1.54, 1.807) is 18.2 Å². The summed E-state index contributed by atoms with van der Waals surface area (Å²) in [5, 5.41) is 12.2. The SMILES string of the molecule is C[N+](C)(C)CCOC(=O)c1c(C(=O)Oc2ccc([N+](=O)[O-])cc2)ccc2ccccc12. The van der Waals surface area contributed by atoms with Crippen LogP contribution in [0.3, 0.4) is 0 Å². The van der Waals surface area contributed by atoms with Crippen LogP contribution in [0.5, 0.6) is 5.75 Å². The fourth-order valence-electron chi connectivity index (χ4n) is 2.94. The fraction of sp³-hybridized carbons (Fsp3) is 0.217. The first-order chi connectivity index (χ1) is 14.7. The molecule has 0 spiro atoms. The van der Waals surface area contributed by atoms with Crippen molar-refractivity contribution < 1.29 is 28.5 Å². The molecule has 0 saturated heterocycles. The van der Waals surface area contributed by atoms with Gasteiger partial charge in [0.15, 0.2) is 0 Å². The van der Waals surface area contributed by atoms with Gasteiger partial charge in [-0.15, -0.1) is 0 Å². The van der Waals surface area contributed by atoms with E-state index in [9.17, 15) is 19.7 Å². The Bertz CT molecular complexity index is 1130. The summed E-state index contributed by atoms with van der Waals surface area (Å²) < 4.78 is 11.4. The summed E-state index contributed by atoms with van der Waals surface area (Å²) in [5.74, 6) is -1.23. The van der Waals surface area contributed by atoms with Crippen molar-refractivity contribution in [2.45, 2.75) is 0 Å². The lowest BCUT2D eigenvalue weighted by molar-refractivity contribution is -0.870. The number of esters is 2. The van der Waals surface area contributed by atoms with Gasteiger partial charge < -0.3 is 14.0 Å². The largest absolute Gasteiger partial charge is 0.456 e. The molecule has 0 bridgehead atoms. The Morgan fingerprint density at radius 1 is 0.935 bits per heavy atom. The van der Waals surface area contributed by atoms with Crippen LogP contribution in [0.4, 0.5) is 5.69 Å². The number of fused-ring (bicyclic) bond motifs is 1. The predicted octanol–water partition coefficient (Wildman–Crippen LogP) is 3.83. The van der Waals surface area contributed by atoms with Gasteiger partial charge in [-0.25, -0.2) is 9.59 Å². The number of carbonyl (C=O) groups is 2. The van der Waals surface area contributed by atoms with Gasteiger partial charge in [-0.3, -0.25) is 10.1 Å². The molecule has 160 valence electrons. The number of benzene rings is 3. The highest BCUT2D eigenvalue weighted by Gasteiger charge is 2.24. The number of nitrogens with zero attached hydrogens (tertiary/aromatic N) is 2. The lowest BCUT2D eigenvalue weighted by Crippen LogP contribution is -2.38. The van der Waals surface area contributed by atoms with E-state index in [2.05, 4.69) is 0 Å². The molecule has 0 aliphatic heterocycles. The van der Waals surface area contributed by atoms with E-state index in [1.165, 1.54) is 30.3 Å².